The largest absolute Gasteiger partial charge is 0.508 e. The molecule has 10 heteroatoms. The first kappa shape index (κ1) is 21.1. The zero-order valence-corrected chi connectivity index (χ0v) is 14.7. The van der Waals surface area contributed by atoms with Gasteiger partial charge in [-0.05, 0) is 17.7 Å². The fraction of sp³-hybridized carbons (Fsp3) is 0.529. The summed E-state index contributed by atoms with van der Waals surface area (Å²) < 4.78 is 5.46. The van der Waals surface area contributed by atoms with Crippen LogP contribution in [0.2, 0.25) is 0 Å². The molecule has 1 amide bonds. The van der Waals surface area contributed by atoms with Gasteiger partial charge in [0.15, 0.2) is 6.23 Å². The van der Waals surface area contributed by atoms with E-state index in [0.717, 1.165) is 11.8 Å². The van der Waals surface area contributed by atoms with Gasteiger partial charge < -0.3 is 40.9 Å². The van der Waals surface area contributed by atoms with Crippen LogP contribution in [-0.2, 0) is 20.7 Å². The molecule has 0 radical (unpaired) electrons. The van der Waals surface area contributed by atoms with Crippen molar-refractivity contribution in [3.63, 3.8) is 0 Å². The molecule has 6 atom stereocenters. The maximum absolute atomic E-state index is 12.2. The average molecular weight is 384 g/mol. The second-order valence-electron chi connectivity index (χ2n) is 6.46. The Bertz CT molecular complexity index is 665. The van der Waals surface area contributed by atoms with Gasteiger partial charge in [-0.2, -0.15) is 0 Å². The van der Waals surface area contributed by atoms with Crippen LogP contribution in [0.5, 0.6) is 5.75 Å². The van der Waals surface area contributed by atoms with E-state index in [1.54, 1.807) is 0 Å². The van der Waals surface area contributed by atoms with Gasteiger partial charge >= 0.3 is 5.97 Å². The molecule has 1 unspecified atom stereocenters. The molecule has 0 aromatic heterocycles. The van der Waals surface area contributed by atoms with Crippen molar-refractivity contribution in [3.8, 4) is 5.75 Å². The van der Waals surface area contributed by atoms with E-state index in [1.165, 1.54) is 24.3 Å². The van der Waals surface area contributed by atoms with Crippen LogP contribution in [-0.4, -0.2) is 85.5 Å². The van der Waals surface area contributed by atoms with Gasteiger partial charge in [-0.15, -0.1) is 0 Å². The van der Waals surface area contributed by atoms with Crippen LogP contribution in [0.4, 0.5) is 0 Å². The number of carbonyl (C=O) groups excluding carboxylic acids is 1. The second kappa shape index (κ2) is 8.63. The molecule has 27 heavy (non-hydrogen) atoms. The molecule has 0 bridgehead atoms. The topological polar surface area (TPSA) is 174 Å². The van der Waals surface area contributed by atoms with Crippen molar-refractivity contribution in [3.05, 3.63) is 29.8 Å². The molecule has 0 spiro atoms. The molecule has 1 aromatic rings. The molecule has 2 rings (SSSR count). The number of aliphatic hydroxyl groups is 3. The smallest absolute Gasteiger partial charge is 0.326 e. The maximum atomic E-state index is 12.2. The third kappa shape index (κ3) is 4.54. The summed E-state index contributed by atoms with van der Waals surface area (Å²) >= 11 is 0. The molecule has 7 N–H and O–H groups in total. The van der Waals surface area contributed by atoms with E-state index >= 15 is 0 Å². The number of ether oxygens (including phenoxy) is 1. The molecule has 1 aromatic carbocycles. The van der Waals surface area contributed by atoms with Gasteiger partial charge in [0.05, 0.1) is 12.6 Å². The van der Waals surface area contributed by atoms with E-state index in [4.69, 9.17) is 10.5 Å². The van der Waals surface area contributed by atoms with E-state index in [1.807, 2.05) is 0 Å². The number of carboxylic acid groups (broad SMARTS) is 1. The summed E-state index contributed by atoms with van der Waals surface area (Å²) in [4.78, 5) is 25.0. The fourth-order valence-electron chi connectivity index (χ4n) is 3.10. The number of hydrogen-bond donors (Lipinski definition) is 6. The molecular formula is C17H24N2O8. The highest BCUT2D eigenvalue weighted by Gasteiger charge is 2.48. The number of nitrogens with zero attached hydrogens (tertiary/aromatic N) is 1. The lowest BCUT2D eigenvalue weighted by Gasteiger charge is -2.46. The van der Waals surface area contributed by atoms with Crippen LogP contribution in [0.1, 0.15) is 12.5 Å². The first-order chi connectivity index (χ1) is 12.7. The summed E-state index contributed by atoms with van der Waals surface area (Å²) in [5.74, 6) is -1.98. The molecule has 150 valence electrons. The van der Waals surface area contributed by atoms with Crippen LogP contribution in [0.15, 0.2) is 24.3 Å². The van der Waals surface area contributed by atoms with Gasteiger partial charge in [0.1, 0.15) is 30.1 Å². The summed E-state index contributed by atoms with van der Waals surface area (Å²) in [6.07, 6.45) is -5.70. The summed E-state index contributed by atoms with van der Waals surface area (Å²) in [5, 5.41) is 48.4. The standard InChI is InChI=1S/C17H24N2O8/c1-8(21)19(16-13(18)15(24)14(23)12(7-20)27-16)11(17(25)26)6-9-2-4-10(22)5-3-9/h2-5,11-16,20,22-24H,6-7,18H2,1H3,(H,25,26)/t11-,12+,13+,14+,15+,16?/m0/s1. The number of aliphatic carboxylic acids is 1. The Morgan fingerprint density at radius 2 is 1.81 bits per heavy atom. The minimum atomic E-state index is -1.52. The third-order valence-corrected chi connectivity index (χ3v) is 4.57. The van der Waals surface area contributed by atoms with Crippen molar-refractivity contribution in [1.29, 1.82) is 0 Å². The number of nitrogens with two attached hydrogens (primary N) is 1. The molecule has 1 fully saturated rings. The Balaban J connectivity index is 2.35. The van der Waals surface area contributed by atoms with Gasteiger partial charge in [-0.25, -0.2) is 4.79 Å². The summed E-state index contributed by atoms with van der Waals surface area (Å²) in [6, 6.07) is 3.13. The number of benzene rings is 1. The van der Waals surface area contributed by atoms with Gasteiger partial charge in [-0.1, -0.05) is 12.1 Å². The quantitative estimate of drug-likeness (QED) is 0.324. The van der Waals surface area contributed by atoms with Gasteiger partial charge in [0, 0.05) is 13.3 Å². The number of carboxylic acids is 1. The normalized spacial score (nSPS) is 29.1. The number of rotatable bonds is 6. The fourth-order valence-corrected chi connectivity index (χ4v) is 3.10. The summed E-state index contributed by atoms with van der Waals surface area (Å²) in [7, 11) is 0. The van der Waals surface area contributed by atoms with Crippen LogP contribution in [0, 0.1) is 0 Å². The van der Waals surface area contributed by atoms with Gasteiger partial charge in [-0.3, -0.25) is 4.79 Å². The summed E-state index contributed by atoms with van der Waals surface area (Å²) in [5.41, 5.74) is 6.42. The Morgan fingerprint density at radius 3 is 2.30 bits per heavy atom. The van der Waals surface area contributed by atoms with E-state index in [0.29, 0.717) is 5.56 Å². The Kier molecular flexibility index (Phi) is 6.73. The van der Waals surface area contributed by atoms with Crippen molar-refractivity contribution in [2.24, 2.45) is 5.73 Å². The van der Waals surface area contributed by atoms with Crippen molar-refractivity contribution >= 4 is 11.9 Å². The molecule has 1 heterocycles. The van der Waals surface area contributed by atoms with Crippen LogP contribution < -0.4 is 5.73 Å². The first-order valence-electron chi connectivity index (χ1n) is 8.35. The predicted molar refractivity (Wildman–Crippen MR) is 91.5 cm³/mol. The van der Waals surface area contributed by atoms with Crippen LogP contribution in [0.25, 0.3) is 0 Å². The zero-order chi connectivity index (χ0) is 20.3. The summed E-state index contributed by atoms with van der Waals surface area (Å²) in [6.45, 7) is 0.483. The zero-order valence-electron chi connectivity index (χ0n) is 14.7. The van der Waals surface area contributed by atoms with E-state index in [2.05, 4.69) is 0 Å². The van der Waals surface area contributed by atoms with Crippen molar-refractivity contribution in [2.45, 2.75) is 50.0 Å². The number of aromatic hydroxyl groups is 1. The highest BCUT2D eigenvalue weighted by atomic mass is 16.5. The lowest BCUT2D eigenvalue weighted by atomic mass is 9.94. The molecule has 1 aliphatic heterocycles. The molecular weight excluding hydrogens is 360 g/mol. The molecule has 1 saturated heterocycles. The van der Waals surface area contributed by atoms with E-state index < -0.39 is 55.1 Å². The second-order valence-corrected chi connectivity index (χ2v) is 6.46. The van der Waals surface area contributed by atoms with E-state index in [-0.39, 0.29) is 12.2 Å². The molecule has 0 aliphatic carbocycles. The Labute approximate surface area is 155 Å². The molecule has 10 nitrogen and oxygen atoms in total. The highest BCUT2D eigenvalue weighted by Crippen LogP contribution is 2.25. The van der Waals surface area contributed by atoms with Crippen molar-refractivity contribution < 1.29 is 39.9 Å². The van der Waals surface area contributed by atoms with Crippen molar-refractivity contribution in [2.75, 3.05) is 6.61 Å². The monoisotopic (exact) mass is 384 g/mol. The van der Waals surface area contributed by atoms with Gasteiger partial charge in [0.25, 0.3) is 0 Å². The number of amides is 1. The molecule has 0 saturated carbocycles. The first-order valence-corrected chi connectivity index (χ1v) is 8.35. The van der Waals surface area contributed by atoms with Crippen molar-refractivity contribution in [1.82, 2.24) is 4.90 Å². The number of carbonyl (C=O) groups is 2. The number of phenolic OH excluding ortho intramolecular Hbond substituents is 1. The van der Waals surface area contributed by atoms with Crippen LogP contribution >= 0.6 is 0 Å². The van der Waals surface area contributed by atoms with Gasteiger partial charge in [0.2, 0.25) is 5.91 Å². The minimum Gasteiger partial charge on any atom is -0.508 e. The highest BCUT2D eigenvalue weighted by molar-refractivity contribution is 5.82. The number of phenols is 1. The Hall–Kier alpha value is -2.24. The maximum Gasteiger partial charge on any atom is 0.326 e. The number of hydrogen-bond acceptors (Lipinski definition) is 8. The molecule has 1 aliphatic rings. The SMILES string of the molecule is CC(=O)N(C1O[C@H](CO)[C@@H](O)[C@H](O)[C@H]1N)[C@@H](Cc1ccc(O)cc1)C(=O)O. The van der Waals surface area contributed by atoms with Crippen LogP contribution in [0.3, 0.4) is 0 Å². The lowest BCUT2D eigenvalue weighted by Crippen LogP contribution is -2.69. The predicted octanol–water partition coefficient (Wildman–Crippen LogP) is -2.00. The van der Waals surface area contributed by atoms with E-state index in [9.17, 15) is 35.1 Å². The Morgan fingerprint density at radius 1 is 1.22 bits per heavy atom. The minimum absolute atomic E-state index is 0.00887. The number of aliphatic hydroxyl groups excluding tert-OH is 3. The third-order valence-electron chi connectivity index (χ3n) is 4.57. The lowest BCUT2D eigenvalue weighted by molar-refractivity contribution is -0.232. The average Bonchev–Trinajstić information content (AvgIpc) is 2.62.